The fourth-order valence-electron chi connectivity index (χ4n) is 2.98. The molecule has 178 valence electrons. The molecule has 6 nitrogen and oxygen atoms in total. The van der Waals surface area contributed by atoms with Crippen LogP contribution in [-0.2, 0) is 19.1 Å². The summed E-state index contributed by atoms with van der Waals surface area (Å²) in [4.78, 5) is 30.5. The van der Waals surface area contributed by atoms with E-state index in [-0.39, 0.29) is 37.6 Å². The minimum atomic E-state index is -1.16. The molecule has 0 saturated heterocycles. The Hall–Kier alpha value is -0.850. The molecule has 0 fully saturated rings. The number of aliphatic carboxylic acids is 2. The number of carboxylic acid groups (broad SMARTS) is 2. The molecule has 0 aliphatic rings. The van der Waals surface area contributed by atoms with E-state index < -0.39 is 17.9 Å². The molecular formula is C24H45NaO6. The van der Waals surface area contributed by atoms with Gasteiger partial charge in [-0.25, -0.2) is 9.59 Å². The predicted octanol–water partition coefficient (Wildman–Crippen LogP) is 3.64. The average molecular weight is 453 g/mol. The average Bonchev–Trinajstić information content (AvgIpc) is 2.70. The first-order valence-electron chi connectivity index (χ1n) is 11.7. The zero-order chi connectivity index (χ0) is 22.9. The van der Waals surface area contributed by atoms with Gasteiger partial charge in [-0.3, -0.25) is 4.79 Å². The maximum atomic E-state index is 10.4. The van der Waals surface area contributed by atoms with Crippen LogP contribution in [0.4, 0.5) is 0 Å². The summed E-state index contributed by atoms with van der Waals surface area (Å²) >= 11 is 0. The van der Waals surface area contributed by atoms with Crippen molar-refractivity contribution in [2.24, 2.45) is 0 Å². The Balaban J connectivity index is -0.000000279. The molecule has 0 heterocycles. The summed E-state index contributed by atoms with van der Waals surface area (Å²) in [6, 6.07) is 0. The van der Waals surface area contributed by atoms with Crippen molar-refractivity contribution in [3.8, 4) is 0 Å². The van der Waals surface area contributed by atoms with Gasteiger partial charge < -0.3 is 16.4 Å². The number of esters is 1. The van der Waals surface area contributed by atoms with Crippen LogP contribution >= 0.6 is 0 Å². The molecule has 0 unspecified atom stereocenters. The molecule has 0 bridgehead atoms. The van der Waals surface area contributed by atoms with E-state index in [1.807, 2.05) is 0 Å². The fraction of sp³-hybridized carbons (Fsp3) is 0.792. The van der Waals surface area contributed by atoms with Gasteiger partial charge in [-0.2, -0.15) is 0 Å². The van der Waals surface area contributed by atoms with Crippen molar-refractivity contribution in [1.29, 1.82) is 0 Å². The standard InChI is InChI=1S/C18H36O2.C6H8O4.Na.H/c1-2-3-4-5-6-7-8-9-10-11-12-13-14-15-16-17-18(19)20;1-2-10-6(9)4-3-5(7)8;;/h2-17H2,1H3,(H,19,20);3-4H,2H2,1H3,(H,7,8);;/q;;+1;-1/b;4-3+;;. The third kappa shape index (κ3) is 36.8. The molecule has 0 rings (SSSR count). The van der Waals surface area contributed by atoms with Gasteiger partial charge in [0.1, 0.15) is 0 Å². The predicted molar refractivity (Wildman–Crippen MR) is 122 cm³/mol. The first kappa shape index (κ1) is 34.8. The normalized spacial score (nSPS) is 10.1. The van der Waals surface area contributed by atoms with Crippen LogP contribution < -0.4 is 29.6 Å². The molecule has 31 heavy (non-hydrogen) atoms. The summed E-state index contributed by atoms with van der Waals surface area (Å²) in [6.07, 6.45) is 21.8. The van der Waals surface area contributed by atoms with Crippen LogP contribution in [0.5, 0.6) is 0 Å². The molecule has 0 radical (unpaired) electrons. The molecule has 0 spiro atoms. The molecule has 2 N–H and O–H groups in total. The van der Waals surface area contributed by atoms with Crippen LogP contribution in [0.1, 0.15) is 118 Å². The summed E-state index contributed by atoms with van der Waals surface area (Å²) in [7, 11) is 0. The Labute approximate surface area is 213 Å². The Morgan fingerprint density at radius 1 is 0.677 bits per heavy atom. The second-order valence-corrected chi connectivity index (χ2v) is 7.52. The second kappa shape index (κ2) is 29.1. The molecule has 0 aromatic carbocycles. The Kier molecular flexibility index (Phi) is 32.7. The summed E-state index contributed by atoms with van der Waals surface area (Å²) in [5.74, 6) is -2.45. The van der Waals surface area contributed by atoms with Gasteiger partial charge in [0, 0.05) is 18.6 Å². The zero-order valence-electron chi connectivity index (χ0n) is 21.2. The van der Waals surface area contributed by atoms with Gasteiger partial charge in [0.2, 0.25) is 0 Å². The van der Waals surface area contributed by atoms with Crippen LogP contribution in [0.15, 0.2) is 12.2 Å². The number of hydrogen-bond donors (Lipinski definition) is 2. The fourth-order valence-corrected chi connectivity index (χ4v) is 2.98. The number of unbranched alkanes of at least 4 members (excludes halogenated alkanes) is 14. The van der Waals surface area contributed by atoms with E-state index in [0.717, 1.165) is 25.0 Å². The molecule has 0 aromatic heterocycles. The maximum Gasteiger partial charge on any atom is 1.00 e. The van der Waals surface area contributed by atoms with Crippen molar-refractivity contribution >= 4 is 17.9 Å². The molecule has 0 atom stereocenters. The van der Waals surface area contributed by atoms with E-state index in [4.69, 9.17) is 10.2 Å². The number of carboxylic acids is 2. The summed E-state index contributed by atoms with van der Waals surface area (Å²) in [5.41, 5.74) is 0. The molecule has 0 saturated carbocycles. The summed E-state index contributed by atoms with van der Waals surface area (Å²) in [5, 5.41) is 16.6. The quantitative estimate of drug-likeness (QED) is 0.134. The minimum absolute atomic E-state index is 0. The van der Waals surface area contributed by atoms with Gasteiger partial charge in [-0.1, -0.05) is 96.8 Å². The van der Waals surface area contributed by atoms with Crippen LogP contribution in [0.2, 0.25) is 0 Å². The third-order valence-corrected chi connectivity index (χ3v) is 4.64. The van der Waals surface area contributed by atoms with Crippen LogP contribution in [0, 0.1) is 0 Å². The van der Waals surface area contributed by atoms with E-state index in [0.29, 0.717) is 6.42 Å². The Morgan fingerprint density at radius 3 is 1.39 bits per heavy atom. The molecule has 0 amide bonds. The smallest absolute Gasteiger partial charge is 1.00 e. The van der Waals surface area contributed by atoms with E-state index >= 15 is 0 Å². The van der Waals surface area contributed by atoms with E-state index in [2.05, 4.69) is 11.7 Å². The van der Waals surface area contributed by atoms with E-state index in [9.17, 15) is 14.4 Å². The van der Waals surface area contributed by atoms with Gasteiger partial charge in [0.15, 0.2) is 0 Å². The first-order valence-corrected chi connectivity index (χ1v) is 11.7. The van der Waals surface area contributed by atoms with Crippen LogP contribution in [0.25, 0.3) is 0 Å². The number of rotatable bonds is 19. The summed E-state index contributed by atoms with van der Waals surface area (Å²) in [6.45, 7) is 4.17. The van der Waals surface area contributed by atoms with Gasteiger partial charge in [-0.15, -0.1) is 0 Å². The van der Waals surface area contributed by atoms with Crippen molar-refractivity contribution in [2.75, 3.05) is 6.61 Å². The number of hydrogen-bond acceptors (Lipinski definition) is 4. The third-order valence-electron chi connectivity index (χ3n) is 4.64. The monoisotopic (exact) mass is 452 g/mol. The molecule has 0 aliphatic carbocycles. The minimum Gasteiger partial charge on any atom is -1.00 e. The SMILES string of the molecule is CCCCCCCCCCCCCCCCCC(=O)O.CCOC(=O)/C=C/C(=O)O.[H-].[Na+]. The topological polar surface area (TPSA) is 101 Å². The van der Waals surface area contributed by atoms with Crippen molar-refractivity contribution < 1.29 is 60.3 Å². The Morgan fingerprint density at radius 2 is 1.06 bits per heavy atom. The van der Waals surface area contributed by atoms with Crippen LogP contribution in [0.3, 0.4) is 0 Å². The molecule has 0 aromatic rings. The van der Waals surface area contributed by atoms with Gasteiger partial charge >= 0.3 is 47.5 Å². The van der Waals surface area contributed by atoms with Crippen molar-refractivity contribution in [1.82, 2.24) is 0 Å². The van der Waals surface area contributed by atoms with Crippen molar-refractivity contribution in [3.63, 3.8) is 0 Å². The number of ether oxygens (including phenoxy) is 1. The summed E-state index contributed by atoms with van der Waals surface area (Å²) < 4.78 is 4.40. The van der Waals surface area contributed by atoms with E-state index in [1.54, 1.807) is 6.92 Å². The number of carbonyl (C=O) groups is 3. The van der Waals surface area contributed by atoms with E-state index in [1.165, 1.54) is 83.5 Å². The maximum absolute atomic E-state index is 10.4. The molecule has 7 heteroatoms. The molecule has 0 aliphatic heterocycles. The Bertz CT molecular complexity index is 458. The van der Waals surface area contributed by atoms with Gasteiger partial charge in [0.05, 0.1) is 6.61 Å². The van der Waals surface area contributed by atoms with Crippen LogP contribution in [-0.4, -0.2) is 34.7 Å². The van der Waals surface area contributed by atoms with Crippen molar-refractivity contribution in [3.05, 3.63) is 12.2 Å². The molecular weight excluding hydrogens is 407 g/mol. The van der Waals surface area contributed by atoms with Gasteiger partial charge in [0.25, 0.3) is 0 Å². The zero-order valence-corrected chi connectivity index (χ0v) is 22.2. The van der Waals surface area contributed by atoms with Crippen molar-refractivity contribution in [2.45, 2.75) is 117 Å². The first-order chi connectivity index (χ1) is 14.4. The number of carbonyl (C=O) groups excluding carboxylic acids is 1. The largest absolute Gasteiger partial charge is 1.00 e. The second-order valence-electron chi connectivity index (χ2n) is 7.52. The van der Waals surface area contributed by atoms with Gasteiger partial charge in [-0.05, 0) is 13.3 Å².